The fourth-order valence-electron chi connectivity index (χ4n) is 3.10. The number of hydrogen-bond donors (Lipinski definition) is 1. The van der Waals surface area contributed by atoms with Crippen LogP contribution in [0.25, 0.3) is 0 Å². The summed E-state index contributed by atoms with van der Waals surface area (Å²) in [5, 5.41) is 3.76. The van der Waals surface area contributed by atoms with Crippen LogP contribution >= 0.6 is 0 Å². The Kier molecular flexibility index (Phi) is 5.94. The van der Waals surface area contributed by atoms with Crippen molar-refractivity contribution in [3.63, 3.8) is 0 Å². The highest BCUT2D eigenvalue weighted by Gasteiger charge is 2.36. The van der Waals surface area contributed by atoms with Crippen molar-refractivity contribution in [3.05, 3.63) is 0 Å². The Bertz CT molecular complexity index is 213. The van der Waals surface area contributed by atoms with Crippen molar-refractivity contribution < 1.29 is 0 Å². The van der Waals surface area contributed by atoms with Gasteiger partial charge < -0.3 is 10.2 Å². The first-order valence-corrected chi connectivity index (χ1v) is 7.44. The Labute approximate surface area is 108 Å². The first-order valence-electron chi connectivity index (χ1n) is 7.44. The van der Waals surface area contributed by atoms with Gasteiger partial charge in [-0.25, -0.2) is 0 Å². The normalized spacial score (nSPS) is 28.6. The Morgan fingerprint density at radius 3 is 2.53 bits per heavy atom. The summed E-state index contributed by atoms with van der Waals surface area (Å²) >= 11 is 0. The molecule has 2 atom stereocenters. The lowest BCUT2D eigenvalue weighted by molar-refractivity contribution is 0.0820. The van der Waals surface area contributed by atoms with Crippen molar-refractivity contribution in [3.8, 4) is 0 Å². The second-order valence-electron chi connectivity index (χ2n) is 6.52. The smallest absolute Gasteiger partial charge is 0.0251 e. The molecule has 1 fully saturated rings. The van der Waals surface area contributed by atoms with Crippen LogP contribution in [-0.4, -0.2) is 37.1 Å². The Morgan fingerprint density at radius 2 is 1.94 bits per heavy atom. The molecule has 0 aromatic carbocycles. The zero-order valence-corrected chi connectivity index (χ0v) is 12.6. The highest BCUT2D eigenvalue weighted by molar-refractivity contribution is 4.93. The standard InChI is InChI=1S/C15H32N2/c1-6-10-16-13-8-9-15(3,4)12-14(13)17(5)11-7-2/h13-14,16H,6-12H2,1-5H3. The van der Waals surface area contributed by atoms with E-state index in [0.717, 1.165) is 6.04 Å². The zero-order valence-electron chi connectivity index (χ0n) is 12.6. The largest absolute Gasteiger partial charge is 0.312 e. The van der Waals surface area contributed by atoms with E-state index in [1.807, 2.05) is 0 Å². The van der Waals surface area contributed by atoms with Crippen molar-refractivity contribution in [2.75, 3.05) is 20.1 Å². The van der Waals surface area contributed by atoms with E-state index in [1.165, 1.54) is 45.2 Å². The third-order valence-electron chi connectivity index (χ3n) is 4.16. The van der Waals surface area contributed by atoms with E-state index >= 15 is 0 Å². The second kappa shape index (κ2) is 6.75. The first kappa shape index (κ1) is 15.0. The molecule has 0 aliphatic heterocycles. The maximum atomic E-state index is 3.76. The van der Waals surface area contributed by atoms with E-state index in [0.29, 0.717) is 11.5 Å². The Balaban J connectivity index is 2.61. The SMILES string of the molecule is CCCNC1CCC(C)(C)CC1N(C)CCC. The molecule has 1 aliphatic rings. The number of nitrogens with zero attached hydrogens (tertiary/aromatic N) is 1. The molecule has 2 unspecified atom stereocenters. The van der Waals surface area contributed by atoms with Gasteiger partial charge in [-0.2, -0.15) is 0 Å². The van der Waals surface area contributed by atoms with Gasteiger partial charge in [0, 0.05) is 12.1 Å². The van der Waals surface area contributed by atoms with Gasteiger partial charge in [0.2, 0.25) is 0 Å². The number of hydrogen-bond acceptors (Lipinski definition) is 2. The maximum absolute atomic E-state index is 3.76. The summed E-state index contributed by atoms with van der Waals surface area (Å²) in [5.74, 6) is 0. The zero-order chi connectivity index (χ0) is 12.9. The number of likely N-dealkylation sites (N-methyl/N-ethyl adjacent to an activating group) is 1. The van der Waals surface area contributed by atoms with Gasteiger partial charge in [-0.3, -0.25) is 0 Å². The molecule has 0 aromatic rings. The maximum Gasteiger partial charge on any atom is 0.0251 e. The second-order valence-corrected chi connectivity index (χ2v) is 6.52. The predicted octanol–water partition coefficient (Wildman–Crippen LogP) is 3.28. The van der Waals surface area contributed by atoms with Gasteiger partial charge in [0.15, 0.2) is 0 Å². The highest BCUT2D eigenvalue weighted by Crippen LogP contribution is 2.37. The average molecular weight is 240 g/mol. The van der Waals surface area contributed by atoms with Crippen molar-refractivity contribution in [2.24, 2.45) is 5.41 Å². The molecule has 1 saturated carbocycles. The van der Waals surface area contributed by atoms with E-state index in [9.17, 15) is 0 Å². The highest BCUT2D eigenvalue weighted by atomic mass is 15.2. The Morgan fingerprint density at radius 1 is 1.24 bits per heavy atom. The minimum atomic E-state index is 0.525. The van der Waals surface area contributed by atoms with Crippen LogP contribution in [-0.2, 0) is 0 Å². The summed E-state index contributed by atoms with van der Waals surface area (Å²) < 4.78 is 0. The van der Waals surface area contributed by atoms with Gasteiger partial charge in [0.25, 0.3) is 0 Å². The van der Waals surface area contributed by atoms with Gasteiger partial charge in [-0.1, -0.05) is 27.7 Å². The fourth-order valence-corrected chi connectivity index (χ4v) is 3.10. The van der Waals surface area contributed by atoms with Crippen LogP contribution in [0.1, 0.15) is 59.8 Å². The molecule has 102 valence electrons. The van der Waals surface area contributed by atoms with Crippen LogP contribution in [0.5, 0.6) is 0 Å². The van der Waals surface area contributed by atoms with Crippen molar-refractivity contribution in [2.45, 2.75) is 71.9 Å². The molecule has 0 aromatic heterocycles. The fraction of sp³-hybridized carbons (Fsp3) is 1.00. The lowest BCUT2D eigenvalue weighted by Crippen LogP contribution is -2.53. The molecule has 0 saturated heterocycles. The monoisotopic (exact) mass is 240 g/mol. The van der Waals surface area contributed by atoms with Crippen molar-refractivity contribution in [1.82, 2.24) is 10.2 Å². The Hall–Kier alpha value is -0.0800. The minimum absolute atomic E-state index is 0.525. The van der Waals surface area contributed by atoms with Gasteiger partial charge in [0.1, 0.15) is 0 Å². The van der Waals surface area contributed by atoms with Crippen molar-refractivity contribution in [1.29, 1.82) is 0 Å². The van der Waals surface area contributed by atoms with Crippen molar-refractivity contribution >= 4 is 0 Å². The van der Waals surface area contributed by atoms with Crippen LogP contribution in [0.15, 0.2) is 0 Å². The van der Waals surface area contributed by atoms with Crippen LogP contribution in [0, 0.1) is 5.41 Å². The molecule has 17 heavy (non-hydrogen) atoms. The lowest BCUT2D eigenvalue weighted by Gasteiger charge is -2.45. The van der Waals surface area contributed by atoms with Crippen LogP contribution < -0.4 is 5.32 Å². The molecule has 0 radical (unpaired) electrons. The predicted molar refractivity (Wildman–Crippen MR) is 76.4 cm³/mol. The molecular weight excluding hydrogens is 208 g/mol. The quantitative estimate of drug-likeness (QED) is 0.766. The third-order valence-corrected chi connectivity index (χ3v) is 4.16. The van der Waals surface area contributed by atoms with E-state index in [1.54, 1.807) is 0 Å². The topological polar surface area (TPSA) is 15.3 Å². The van der Waals surface area contributed by atoms with Gasteiger partial charge in [-0.15, -0.1) is 0 Å². The first-order chi connectivity index (χ1) is 8.00. The third kappa shape index (κ3) is 4.59. The van der Waals surface area contributed by atoms with Crippen LogP contribution in [0.4, 0.5) is 0 Å². The van der Waals surface area contributed by atoms with E-state index in [-0.39, 0.29) is 0 Å². The molecule has 0 spiro atoms. The lowest BCUT2D eigenvalue weighted by atomic mass is 9.72. The molecule has 0 bridgehead atoms. The summed E-state index contributed by atoms with van der Waals surface area (Å²) in [4.78, 5) is 2.58. The molecule has 0 amide bonds. The summed E-state index contributed by atoms with van der Waals surface area (Å²) in [5.41, 5.74) is 0.525. The summed E-state index contributed by atoms with van der Waals surface area (Å²) in [6.45, 7) is 11.8. The van der Waals surface area contributed by atoms with Crippen LogP contribution in [0.2, 0.25) is 0 Å². The molecule has 0 heterocycles. The van der Waals surface area contributed by atoms with Crippen LogP contribution in [0.3, 0.4) is 0 Å². The summed E-state index contributed by atoms with van der Waals surface area (Å²) in [6, 6.07) is 1.43. The van der Waals surface area contributed by atoms with Gasteiger partial charge >= 0.3 is 0 Å². The van der Waals surface area contributed by atoms with Gasteiger partial charge in [0.05, 0.1) is 0 Å². The molecule has 1 aliphatic carbocycles. The van der Waals surface area contributed by atoms with E-state index < -0.39 is 0 Å². The molecule has 2 heteroatoms. The molecule has 1 N–H and O–H groups in total. The molecule has 1 rings (SSSR count). The summed E-state index contributed by atoms with van der Waals surface area (Å²) in [6.07, 6.45) is 6.54. The average Bonchev–Trinajstić information content (AvgIpc) is 2.27. The molecular formula is C15H32N2. The number of nitrogens with one attached hydrogen (secondary N) is 1. The van der Waals surface area contributed by atoms with E-state index in [2.05, 4.69) is 45.0 Å². The number of rotatable bonds is 6. The molecule has 2 nitrogen and oxygen atoms in total. The van der Waals surface area contributed by atoms with E-state index in [4.69, 9.17) is 0 Å². The minimum Gasteiger partial charge on any atom is -0.312 e. The summed E-state index contributed by atoms with van der Waals surface area (Å²) in [7, 11) is 2.30. The van der Waals surface area contributed by atoms with Gasteiger partial charge in [-0.05, 0) is 57.7 Å².